The lowest BCUT2D eigenvalue weighted by Gasteiger charge is -2.14. The van der Waals surface area contributed by atoms with Crippen molar-refractivity contribution < 1.29 is 9.53 Å². The topological polar surface area (TPSA) is 41.6 Å². The van der Waals surface area contributed by atoms with Gasteiger partial charge in [-0.25, -0.2) is 0 Å². The van der Waals surface area contributed by atoms with E-state index < -0.39 is 0 Å². The third kappa shape index (κ3) is 1.74. The Labute approximate surface area is 99.2 Å². The van der Waals surface area contributed by atoms with E-state index in [2.05, 4.69) is 5.32 Å². The van der Waals surface area contributed by atoms with Crippen LogP contribution in [0.5, 0.6) is 5.75 Å². The van der Waals surface area contributed by atoms with Crippen LogP contribution < -0.4 is 15.0 Å². The molecule has 84 valence electrons. The van der Waals surface area contributed by atoms with Crippen LogP contribution in [0.25, 0.3) is 0 Å². The van der Waals surface area contributed by atoms with Gasteiger partial charge in [-0.1, -0.05) is 0 Å². The van der Waals surface area contributed by atoms with Gasteiger partial charge in [0.2, 0.25) is 0 Å². The number of nitrogens with one attached hydrogen (secondary N) is 1. The molecule has 0 saturated carbocycles. The fraction of sp³-hybridized carbons (Fsp3) is 0.273. The summed E-state index contributed by atoms with van der Waals surface area (Å²) in [6.07, 6.45) is 0. The first-order valence-corrected chi connectivity index (χ1v) is 5.33. The van der Waals surface area contributed by atoms with E-state index in [0.29, 0.717) is 5.11 Å². The normalized spacial score (nSPS) is 19.9. The first-order valence-electron chi connectivity index (χ1n) is 4.92. The van der Waals surface area contributed by atoms with Crippen LogP contribution in [0.2, 0.25) is 0 Å². The molecular formula is C11H12N2O2S. The molecule has 1 heterocycles. The van der Waals surface area contributed by atoms with Gasteiger partial charge in [0.1, 0.15) is 11.8 Å². The third-order valence-corrected chi connectivity index (χ3v) is 2.76. The molecular weight excluding hydrogens is 224 g/mol. The van der Waals surface area contributed by atoms with Gasteiger partial charge in [0.15, 0.2) is 5.11 Å². The monoisotopic (exact) mass is 236 g/mol. The Morgan fingerprint density at radius 3 is 2.44 bits per heavy atom. The zero-order chi connectivity index (χ0) is 11.7. The van der Waals surface area contributed by atoms with Gasteiger partial charge in [-0.15, -0.1) is 0 Å². The van der Waals surface area contributed by atoms with E-state index in [1.165, 1.54) is 4.90 Å². The molecule has 1 N–H and O–H groups in total. The molecule has 0 bridgehead atoms. The second-order valence-electron chi connectivity index (χ2n) is 3.54. The number of thiocarbonyl (C=S) groups is 1. The summed E-state index contributed by atoms with van der Waals surface area (Å²) in [7, 11) is 1.60. The van der Waals surface area contributed by atoms with Gasteiger partial charge >= 0.3 is 0 Å². The van der Waals surface area contributed by atoms with E-state index in [1.807, 2.05) is 12.1 Å². The molecule has 2 rings (SSSR count). The largest absolute Gasteiger partial charge is 0.497 e. The van der Waals surface area contributed by atoms with Gasteiger partial charge in [-0.05, 0) is 43.4 Å². The molecule has 0 radical (unpaired) electrons. The fourth-order valence-electron chi connectivity index (χ4n) is 1.58. The Morgan fingerprint density at radius 1 is 1.38 bits per heavy atom. The third-order valence-electron chi connectivity index (χ3n) is 2.46. The van der Waals surface area contributed by atoms with E-state index in [0.717, 1.165) is 11.4 Å². The maximum Gasteiger partial charge on any atom is 0.255 e. The molecule has 1 aliphatic heterocycles. The Balaban J connectivity index is 2.30. The smallest absolute Gasteiger partial charge is 0.255 e. The number of methoxy groups -OCH3 is 1. The first kappa shape index (κ1) is 10.9. The van der Waals surface area contributed by atoms with E-state index in [-0.39, 0.29) is 11.9 Å². The van der Waals surface area contributed by atoms with Gasteiger partial charge in [-0.3, -0.25) is 9.69 Å². The molecule has 1 saturated heterocycles. The highest BCUT2D eigenvalue weighted by atomic mass is 32.1. The lowest BCUT2D eigenvalue weighted by atomic mass is 10.2. The highest BCUT2D eigenvalue weighted by Crippen LogP contribution is 2.22. The van der Waals surface area contributed by atoms with E-state index >= 15 is 0 Å². The summed E-state index contributed by atoms with van der Waals surface area (Å²) < 4.78 is 5.05. The summed E-state index contributed by atoms with van der Waals surface area (Å²) in [6, 6.07) is 6.96. The molecule has 0 unspecified atom stereocenters. The predicted molar refractivity (Wildman–Crippen MR) is 65.7 cm³/mol. The Morgan fingerprint density at radius 2 is 2.00 bits per heavy atom. The zero-order valence-electron chi connectivity index (χ0n) is 9.06. The minimum absolute atomic E-state index is 0.0323. The number of carbonyl (C=O) groups excluding carboxylic acids is 1. The summed E-state index contributed by atoms with van der Waals surface area (Å²) >= 11 is 5.10. The molecule has 1 amide bonds. The summed E-state index contributed by atoms with van der Waals surface area (Å²) in [6.45, 7) is 1.79. The molecule has 0 aliphatic carbocycles. The molecule has 1 aromatic carbocycles. The van der Waals surface area contributed by atoms with Gasteiger partial charge in [0, 0.05) is 0 Å². The van der Waals surface area contributed by atoms with Gasteiger partial charge in [0.05, 0.1) is 12.8 Å². The summed E-state index contributed by atoms with van der Waals surface area (Å²) in [5.41, 5.74) is 0.757. The van der Waals surface area contributed by atoms with E-state index in [1.54, 1.807) is 26.2 Å². The number of anilines is 1. The van der Waals surface area contributed by atoms with E-state index in [9.17, 15) is 4.79 Å². The SMILES string of the molecule is COc1ccc(N2C(=O)[C@H](C)NC2=S)cc1. The fourth-order valence-corrected chi connectivity index (χ4v) is 1.95. The quantitative estimate of drug-likeness (QED) is 0.786. The lowest BCUT2D eigenvalue weighted by molar-refractivity contribution is -0.117. The summed E-state index contributed by atoms with van der Waals surface area (Å²) in [5, 5.41) is 3.37. The predicted octanol–water partition coefficient (Wildman–Crippen LogP) is 1.30. The molecule has 1 aromatic rings. The van der Waals surface area contributed by atoms with Crippen molar-refractivity contribution in [2.24, 2.45) is 0 Å². The Hall–Kier alpha value is -1.62. The highest BCUT2D eigenvalue weighted by Gasteiger charge is 2.33. The van der Waals surface area contributed by atoms with Gasteiger partial charge in [-0.2, -0.15) is 0 Å². The van der Waals surface area contributed by atoms with Crippen molar-refractivity contribution in [2.75, 3.05) is 12.0 Å². The van der Waals surface area contributed by atoms with Gasteiger partial charge in [0.25, 0.3) is 5.91 Å². The number of carbonyl (C=O) groups is 1. The van der Waals surface area contributed by atoms with Crippen LogP contribution in [0.1, 0.15) is 6.92 Å². The van der Waals surface area contributed by atoms with Crippen LogP contribution in [-0.2, 0) is 4.79 Å². The van der Waals surface area contributed by atoms with Crippen LogP contribution in [0.15, 0.2) is 24.3 Å². The number of benzene rings is 1. The first-order chi connectivity index (χ1) is 7.63. The van der Waals surface area contributed by atoms with Crippen molar-refractivity contribution >= 4 is 28.9 Å². The van der Waals surface area contributed by atoms with Crippen molar-refractivity contribution in [3.05, 3.63) is 24.3 Å². The number of rotatable bonds is 2. The van der Waals surface area contributed by atoms with Crippen molar-refractivity contribution in [1.29, 1.82) is 0 Å². The number of nitrogens with zero attached hydrogens (tertiary/aromatic N) is 1. The molecule has 4 nitrogen and oxygen atoms in total. The van der Waals surface area contributed by atoms with Crippen LogP contribution in [0.3, 0.4) is 0 Å². The lowest BCUT2D eigenvalue weighted by Crippen LogP contribution is -2.30. The molecule has 0 aromatic heterocycles. The number of ether oxygens (including phenoxy) is 1. The van der Waals surface area contributed by atoms with Crippen LogP contribution >= 0.6 is 12.2 Å². The highest BCUT2D eigenvalue weighted by molar-refractivity contribution is 7.80. The maximum atomic E-state index is 11.8. The summed E-state index contributed by atoms with van der Waals surface area (Å²) in [4.78, 5) is 13.3. The molecule has 16 heavy (non-hydrogen) atoms. The van der Waals surface area contributed by atoms with Crippen LogP contribution in [-0.4, -0.2) is 24.2 Å². The molecule has 1 aliphatic rings. The van der Waals surface area contributed by atoms with E-state index in [4.69, 9.17) is 17.0 Å². The second kappa shape index (κ2) is 4.09. The average Bonchev–Trinajstić information content (AvgIpc) is 2.54. The average molecular weight is 236 g/mol. The molecule has 0 spiro atoms. The Bertz CT molecular complexity index is 430. The van der Waals surface area contributed by atoms with Crippen molar-refractivity contribution in [3.8, 4) is 5.75 Å². The van der Waals surface area contributed by atoms with Gasteiger partial charge < -0.3 is 10.1 Å². The van der Waals surface area contributed by atoms with Crippen molar-refractivity contribution in [3.63, 3.8) is 0 Å². The maximum absolute atomic E-state index is 11.8. The molecule has 5 heteroatoms. The number of hydrogen-bond acceptors (Lipinski definition) is 3. The van der Waals surface area contributed by atoms with Crippen molar-refractivity contribution in [2.45, 2.75) is 13.0 Å². The number of amides is 1. The second-order valence-corrected chi connectivity index (χ2v) is 3.93. The van der Waals surface area contributed by atoms with Crippen LogP contribution in [0.4, 0.5) is 5.69 Å². The molecule has 1 fully saturated rings. The standard InChI is InChI=1S/C11H12N2O2S/c1-7-10(14)13(11(16)12-7)8-3-5-9(15-2)6-4-8/h3-7H,1-2H3,(H,12,16)/t7-/m0/s1. The zero-order valence-corrected chi connectivity index (χ0v) is 9.88. The minimum atomic E-state index is -0.255. The van der Waals surface area contributed by atoms with Crippen LogP contribution in [0, 0.1) is 0 Å². The molecule has 1 atom stereocenters. The van der Waals surface area contributed by atoms with Crippen molar-refractivity contribution in [1.82, 2.24) is 5.32 Å². The Kier molecular flexibility index (Phi) is 2.78. The minimum Gasteiger partial charge on any atom is -0.497 e. The summed E-state index contributed by atoms with van der Waals surface area (Å²) in [5.74, 6) is 0.720. The number of hydrogen-bond donors (Lipinski definition) is 1.